The van der Waals surface area contributed by atoms with Crippen LogP contribution in [0.5, 0.6) is 17.2 Å². The number of amides is 1. The van der Waals surface area contributed by atoms with E-state index in [1.165, 1.54) is 16.7 Å². The predicted octanol–water partition coefficient (Wildman–Crippen LogP) is 6.79. The van der Waals surface area contributed by atoms with E-state index in [1.54, 1.807) is 40.0 Å². The maximum Gasteiger partial charge on any atom is 0.223 e. The largest absolute Gasteiger partial charge is 0.495 e. The monoisotopic (exact) mass is 601 g/mol. The van der Waals surface area contributed by atoms with Gasteiger partial charge in [-0.1, -0.05) is 41.6 Å². The van der Waals surface area contributed by atoms with E-state index in [9.17, 15) is 10.1 Å². The Bertz CT molecular complexity index is 1450. The zero-order chi connectivity index (χ0) is 31.0. The van der Waals surface area contributed by atoms with Crippen LogP contribution in [0.2, 0.25) is 0 Å². The van der Waals surface area contributed by atoms with Gasteiger partial charge in [0.2, 0.25) is 5.91 Å². The minimum absolute atomic E-state index is 0.0486. The predicted molar refractivity (Wildman–Crippen MR) is 174 cm³/mol. The topological polar surface area (TPSA) is 75.0 Å². The molecular weight excluding hydrogens is 558 g/mol. The second kappa shape index (κ2) is 14.7. The summed E-state index contributed by atoms with van der Waals surface area (Å²) in [4.78, 5) is 17.6. The zero-order valence-corrected chi connectivity index (χ0v) is 27.1. The Labute approximate surface area is 260 Å². The Morgan fingerprint density at radius 2 is 1.70 bits per heavy atom. The molecule has 0 N–H and O–H groups in total. The number of thioether (sulfide) groups is 1. The molecule has 228 valence electrons. The average Bonchev–Trinajstić information content (AvgIpc) is 3.03. The fourth-order valence-electron chi connectivity index (χ4n) is 5.78. The Hall–Kier alpha value is -3.67. The summed E-state index contributed by atoms with van der Waals surface area (Å²) in [6.45, 7) is 6.14. The summed E-state index contributed by atoms with van der Waals surface area (Å²) in [5.74, 6) is 2.07. The molecule has 3 aromatic carbocycles. The van der Waals surface area contributed by atoms with Gasteiger partial charge in [-0.2, -0.15) is 5.26 Å². The van der Waals surface area contributed by atoms with Gasteiger partial charge in [0, 0.05) is 24.9 Å². The van der Waals surface area contributed by atoms with Gasteiger partial charge in [0.25, 0.3) is 0 Å². The van der Waals surface area contributed by atoms with Gasteiger partial charge in [-0.15, -0.1) is 0 Å². The van der Waals surface area contributed by atoms with Crippen molar-refractivity contribution in [3.8, 4) is 23.3 Å². The number of carbonyl (C=O) groups excluding carboxylic acids is 1. The van der Waals surface area contributed by atoms with Crippen LogP contribution in [0.15, 0.2) is 59.5 Å². The molecule has 0 aromatic heterocycles. The van der Waals surface area contributed by atoms with Crippen LogP contribution >= 0.6 is 11.8 Å². The molecule has 3 aromatic rings. The lowest BCUT2D eigenvalue weighted by atomic mass is 9.93. The molecule has 1 aliphatic rings. The summed E-state index contributed by atoms with van der Waals surface area (Å²) in [5.41, 5.74) is 5.51. The van der Waals surface area contributed by atoms with Crippen molar-refractivity contribution in [1.82, 2.24) is 4.90 Å². The standard InChI is InChI=1S/C35H43N3O4S/c1-25-10-14-29(15-11-25)43-35(24-36,28-13-17-31(40-4)33(23-28)42-6)19-8-20-37(3)22-18-27-12-16-32(41-5)34-30(27)9-7-21-38(34)26(2)39/h10-17,23H,7-9,18-22H2,1-6H3. The lowest BCUT2D eigenvalue weighted by molar-refractivity contribution is -0.116. The summed E-state index contributed by atoms with van der Waals surface area (Å²) in [5, 5.41) is 10.7. The molecular formula is C35H43N3O4S. The van der Waals surface area contributed by atoms with Crippen LogP contribution in [-0.2, 0) is 22.4 Å². The van der Waals surface area contributed by atoms with E-state index in [2.05, 4.69) is 55.3 Å². The molecule has 0 fully saturated rings. The first-order chi connectivity index (χ1) is 20.7. The van der Waals surface area contributed by atoms with Gasteiger partial charge in [0.15, 0.2) is 11.5 Å². The fraction of sp³-hybridized carbons (Fsp3) is 0.429. The summed E-state index contributed by atoms with van der Waals surface area (Å²) in [7, 11) is 7.04. The van der Waals surface area contributed by atoms with E-state index < -0.39 is 4.75 Å². The van der Waals surface area contributed by atoms with Crippen LogP contribution in [0.1, 0.15) is 48.4 Å². The van der Waals surface area contributed by atoms with Crippen LogP contribution in [0.3, 0.4) is 0 Å². The molecule has 0 bridgehead atoms. The number of ether oxygens (including phenoxy) is 3. The van der Waals surface area contributed by atoms with Gasteiger partial charge >= 0.3 is 0 Å². The highest BCUT2D eigenvalue weighted by Gasteiger charge is 2.35. The summed E-state index contributed by atoms with van der Waals surface area (Å²) in [6, 6.07) is 20.9. The van der Waals surface area contributed by atoms with E-state index in [1.807, 2.05) is 29.2 Å². The summed E-state index contributed by atoms with van der Waals surface area (Å²) >= 11 is 1.59. The Morgan fingerprint density at radius 1 is 1.00 bits per heavy atom. The van der Waals surface area contributed by atoms with Crippen molar-refractivity contribution in [2.75, 3.05) is 52.9 Å². The molecule has 1 aliphatic heterocycles. The molecule has 1 unspecified atom stereocenters. The SMILES string of the molecule is COc1ccc(C(C#N)(CCCN(C)CCc2ccc(OC)c3c2CCCN3C(C)=O)Sc2ccc(C)cc2)cc1OC. The third-order valence-corrected chi connectivity index (χ3v) is 9.58. The van der Waals surface area contributed by atoms with E-state index in [4.69, 9.17) is 14.2 Å². The Kier molecular flexibility index (Phi) is 11.0. The van der Waals surface area contributed by atoms with Gasteiger partial charge in [-0.05, 0) is 99.6 Å². The number of methoxy groups -OCH3 is 3. The number of nitrogens with zero attached hydrogens (tertiary/aromatic N) is 3. The number of aryl methyl sites for hydroxylation is 1. The second-order valence-corrected chi connectivity index (χ2v) is 12.5. The number of nitriles is 1. The maximum atomic E-state index is 12.4. The van der Waals surface area contributed by atoms with E-state index >= 15 is 0 Å². The molecule has 0 spiro atoms. The zero-order valence-electron chi connectivity index (χ0n) is 26.2. The molecule has 8 heteroatoms. The first-order valence-electron chi connectivity index (χ1n) is 14.8. The molecule has 0 radical (unpaired) electrons. The quantitative estimate of drug-likeness (QED) is 0.200. The first kappa shape index (κ1) is 32.2. The summed E-state index contributed by atoms with van der Waals surface area (Å²) in [6.07, 6.45) is 4.30. The Balaban J connectivity index is 1.49. The van der Waals surface area contributed by atoms with Crippen LogP contribution in [0, 0.1) is 18.3 Å². The summed E-state index contributed by atoms with van der Waals surface area (Å²) < 4.78 is 15.9. The second-order valence-electron chi connectivity index (χ2n) is 11.1. The van der Waals surface area contributed by atoms with Gasteiger partial charge in [-0.3, -0.25) is 4.79 Å². The van der Waals surface area contributed by atoms with Crippen LogP contribution < -0.4 is 19.1 Å². The van der Waals surface area contributed by atoms with Crippen molar-refractivity contribution in [2.24, 2.45) is 0 Å². The van der Waals surface area contributed by atoms with Gasteiger partial charge in [0.1, 0.15) is 10.5 Å². The molecule has 1 amide bonds. The molecule has 7 nitrogen and oxygen atoms in total. The number of carbonyl (C=O) groups is 1. The molecule has 0 saturated heterocycles. The lowest BCUT2D eigenvalue weighted by Crippen LogP contribution is -2.34. The highest BCUT2D eigenvalue weighted by molar-refractivity contribution is 8.00. The smallest absolute Gasteiger partial charge is 0.223 e. The number of rotatable bonds is 13. The van der Waals surface area contributed by atoms with Gasteiger partial charge in [0.05, 0.1) is 33.1 Å². The minimum atomic E-state index is -0.791. The van der Waals surface area contributed by atoms with E-state index in [0.29, 0.717) is 17.9 Å². The Morgan fingerprint density at radius 3 is 2.35 bits per heavy atom. The maximum absolute atomic E-state index is 12.4. The van der Waals surface area contributed by atoms with Crippen molar-refractivity contribution < 1.29 is 19.0 Å². The van der Waals surface area contributed by atoms with Gasteiger partial charge in [-0.25, -0.2) is 0 Å². The molecule has 43 heavy (non-hydrogen) atoms. The van der Waals surface area contributed by atoms with Crippen LogP contribution in [0.25, 0.3) is 0 Å². The van der Waals surface area contributed by atoms with Crippen molar-refractivity contribution in [3.63, 3.8) is 0 Å². The van der Waals surface area contributed by atoms with Crippen molar-refractivity contribution in [3.05, 3.63) is 76.9 Å². The number of anilines is 1. The third-order valence-electron chi connectivity index (χ3n) is 8.20. The highest BCUT2D eigenvalue weighted by atomic mass is 32.2. The normalized spacial score (nSPS) is 14.0. The van der Waals surface area contributed by atoms with Crippen molar-refractivity contribution in [1.29, 1.82) is 5.26 Å². The third kappa shape index (κ3) is 7.46. The minimum Gasteiger partial charge on any atom is -0.495 e. The highest BCUT2D eigenvalue weighted by Crippen LogP contribution is 2.47. The lowest BCUT2D eigenvalue weighted by Gasteiger charge is -2.32. The van der Waals surface area contributed by atoms with Crippen LogP contribution in [-0.4, -0.2) is 58.8 Å². The molecule has 1 atom stereocenters. The number of hydrogen-bond acceptors (Lipinski definition) is 7. The molecule has 4 rings (SSSR count). The van der Waals surface area contributed by atoms with E-state index in [0.717, 1.165) is 67.2 Å². The molecule has 1 heterocycles. The van der Waals surface area contributed by atoms with E-state index in [-0.39, 0.29) is 5.91 Å². The van der Waals surface area contributed by atoms with Crippen molar-refractivity contribution in [2.45, 2.75) is 55.6 Å². The van der Waals surface area contributed by atoms with Gasteiger partial charge < -0.3 is 24.0 Å². The number of likely N-dealkylation sites (N-methyl/N-ethyl adjacent to an activating group) is 1. The van der Waals surface area contributed by atoms with Crippen LogP contribution in [0.4, 0.5) is 5.69 Å². The molecule has 0 saturated carbocycles. The first-order valence-corrected chi connectivity index (χ1v) is 15.6. The average molecular weight is 602 g/mol. The van der Waals surface area contributed by atoms with Crippen molar-refractivity contribution >= 4 is 23.4 Å². The number of hydrogen-bond donors (Lipinski definition) is 0. The molecule has 0 aliphatic carbocycles. The fourth-order valence-corrected chi connectivity index (χ4v) is 7.00. The number of benzene rings is 3. The number of fused-ring (bicyclic) bond motifs is 1.